The summed E-state index contributed by atoms with van der Waals surface area (Å²) in [5.74, 6) is -0.0882. The van der Waals surface area contributed by atoms with Gasteiger partial charge in [-0.2, -0.15) is 23.2 Å². The number of alkyl halides is 3. The summed E-state index contributed by atoms with van der Waals surface area (Å²) in [4.78, 5) is -0.418. The molecule has 0 saturated heterocycles. The van der Waals surface area contributed by atoms with Gasteiger partial charge < -0.3 is 9.30 Å². The van der Waals surface area contributed by atoms with Crippen LogP contribution in [0.3, 0.4) is 0 Å². The Morgan fingerprint density at radius 2 is 1.81 bits per heavy atom. The fourth-order valence-corrected chi connectivity index (χ4v) is 5.40. The Kier molecular flexibility index (Phi) is 7.00. The summed E-state index contributed by atoms with van der Waals surface area (Å²) in [5.41, 5.74) is 1.06. The van der Waals surface area contributed by atoms with Crippen LogP contribution in [-0.2, 0) is 16.6 Å². The van der Waals surface area contributed by atoms with Crippen LogP contribution in [0.5, 0.6) is 5.75 Å². The first-order valence-electron chi connectivity index (χ1n) is 10.5. The molecule has 0 amide bonds. The Morgan fingerprint density at radius 3 is 2.44 bits per heavy atom. The number of para-hydroxylation sites is 1. The molecule has 0 aliphatic heterocycles. The van der Waals surface area contributed by atoms with Crippen LogP contribution in [0.15, 0.2) is 77.8 Å². The summed E-state index contributed by atoms with van der Waals surface area (Å²) in [5, 5.41) is 9.99. The van der Waals surface area contributed by atoms with E-state index in [0.717, 1.165) is 11.6 Å². The largest absolute Gasteiger partial charge is 0.495 e. The zero-order chi connectivity index (χ0) is 26.1. The standard InChI is InChI=1S/C25H19ClF3N3O3S/c1-35-22-4-2-3-5-23(22)36(33,34)31-24(25(27,28)29)20-15-32(14-16-6-9-18(26)10-7-16)21-12-17(13-30)8-11-19(20)21/h2-12,15,24,31H,14H2,1H3. The fraction of sp³-hybridized carbons (Fsp3) is 0.160. The lowest BCUT2D eigenvalue weighted by atomic mass is 10.0. The molecule has 3 aromatic carbocycles. The fourth-order valence-electron chi connectivity index (χ4n) is 3.90. The molecule has 0 aliphatic rings. The van der Waals surface area contributed by atoms with E-state index in [0.29, 0.717) is 10.5 Å². The van der Waals surface area contributed by atoms with Crippen LogP contribution >= 0.6 is 11.6 Å². The van der Waals surface area contributed by atoms with Crippen LogP contribution < -0.4 is 9.46 Å². The number of nitriles is 1. The minimum atomic E-state index is -4.97. The van der Waals surface area contributed by atoms with Crippen molar-refractivity contribution in [3.63, 3.8) is 0 Å². The smallest absolute Gasteiger partial charge is 0.408 e. The maximum atomic E-state index is 14.4. The highest BCUT2D eigenvalue weighted by atomic mass is 35.5. The molecule has 1 aromatic heterocycles. The average molecular weight is 534 g/mol. The van der Waals surface area contributed by atoms with Crippen molar-refractivity contribution in [2.24, 2.45) is 0 Å². The number of fused-ring (bicyclic) bond motifs is 1. The number of rotatable bonds is 7. The molecule has 0 fully saturated rings. The molecule has 1 heterocycles. The molecule has 0 saturated carbocycles. The van der Waals surface area contributed by atoms with Gasteiger partial charge in [-0.25, -0.2) is 8.42 Å². The average Bonchev–Trinajstić information content (AvgIpc) is 3.20. The van der Waals surface area contributed by atoms with Crippen molar-refractivity contribution in [2.45, 2.75) is 23.7 Å². The number of ether oxygens (including phenoxy) is 1. The normalized spacial score (nSPS) is 12.9. The predicted octanol–water partition coefficient (Wildman–Crippen LogP) is 5.81. The molecular weight excluding hydrogens is 515 g/mol. The molecule has 36 heavy (non-hydrogen) atoms. The molecule has 186 valence electrons. The van der Waals surface area contributed by atoms with Gasteiger partial charge >= 0.3 is 6.18 Å². The zero-order valence-electron chi connectivity index (χ0n) is 18.8. The highest BCUT2D eigenvalue weighted by Gasteiger charge is 2.45. The van der Waals surface area contributed by atoms with Gasteiger partial charge in [-0.1, -0.05) is 41.9 Å². The van der Waals surface area contributed by atoms with Gasteiger partial charge in [0.1, 0.15) is 16.7 Å². The van der Waals surface area contributed by atoms with E-state index < -0.39 is 27.1 Å². The molecule has 1 N–H and O–H groups in total. The van der Waals surface area contributed by atoms with Gasteiger partial charge in [0, 0.05) is 34.2 Å². The van der Waals surface area contributed by atoms with Crippen LogP contribution in [0.2, 0.25) is 5.02 Å². The van der Waals surface area contributed by atoms with Gasteiger partial charge in [0.25, 0.3) is 0 Å². The Bertz CT molecular complexity index is 1560. The second kappa shape index (κ2) is 9.85. The number of benzene rings is 3. The van der Waals surface area contributed by atoms with Crippen LogP contribution in [0.25, 0.3) is 10.9 Å². The lowest BCUT2D eigenvalue weighted by molar-refractivity contribution is -0.152. The van der Waals surface area contributed by atoms with E-state index in [-0.39, 0.29) is 28.8 Å². The molecule has 11 heteroatoms. The molecule has 0 bridgehead atoms. The number of aromatic nitrogens is 1. The summed E-state index contributed by atoms with van der Waals surface area (Å²) in [6.07, 6.45) is -3.72. The number of halogens is 4. The highest BCUT2D eigenvalue weighted by Crippen LogP contribution is 2.39. The summed E-state index contributed by atoms with van der Waals surface area (Å²) < 4.78 is 77.6. The van der Waals surface area contributed by atoms with Crippen molar-refractivity contribution in [1.82, 2.24) is 9.29 Å². The van der Waals surface area contributed by atoms with Crippen molar-refractivity contribution in [3.05, 3.63) is 94.6 Å². The highest BCUT2D eigenvalue weighted by molar-refractivity contribution is 7.89. The minimum absolute atomic E-state index is 0.0882. The number of methoxy groups -OCH3 is 1. The number of hydrogen-bond acceptors (Lipinski definition) is 4. The summed E-state index contributed by atoms with van der Waals surface area (Å²) >= 11 is 5.94. The number of hydrogen-bond donors (Lipinski definition) is 1. The molecule has 6 nitrogen and oxygen atoms in total. The topological polar surface area (TPSA) is 84.1 Å². The Labute approximate surface area is 210 Å². The van der Waals surface area contributed by atoms with Crippen LogP contribution in [0, 0.1) is 11.3 Å². The molecule has 4 rings (SSSR count). The third-order valence-electron chi connectivity index (χ3n) is 5.58. The van der Waals surface area contributed by atoms with Gasteiger partial charge in [0.05, 0.1) is 18.7 Å². The zero-order valence-corrected chi connectivity index (χ0v) is 20.3. The second-order valence-corrected chi connectivity index (χ2v) is 10.0. The number of nitrogens with one attached hydrogen (secondary N) is 1. The molecule has 4 aromatic rings. The van der Waals surface area contributed by atoms with Crippen LogP contribution in [0.1, 0.15) is 22.7 Å². The first-order valence-corrected chi connectivity index (χ1v) is 12.4. The maximum absolute atomic E-state index is 14.4. The Morgan fingerprint density at radius 1 is 1.11 bits per heavy atom. The lowest BCUT2D eigenvalue weighted by Gasteiger charge is -2.22. The monoisotopic (exact) mass is 533 g/mol. The first-order chi connectivity index (χ1) is 17.0. The third-order valence-corrected chi connectivity index (χ3v) is 7.29. The van der Waals surface area contributed by atoms with E-state index in [2.05, 4.69) is 0 Å². The van der Waals surface area contributed by atoms with E-state index in [1.165, 1.54) is 49.7 Å². The number of nitrogens with zero attached hydrogens (tertiary/aromatic N) is 2. The van der Waals surface area contributed by atoms with E-state index >= 15 is 0 Å². The number of sulfonamides is 1. The van der Waals surface area contributed by atoms with E-state index in [9.17, 15) is 26.9 Å². The van der Waals surface area contributed by atoms with Gasteiger partial charge in [0.2, 0.25) is 10.0 Å². The Balaban J connectivity index is 1.85. The predicted molar refractivity (Wildman–Crippen MR) is 129 cm³/mol. The van der Waals surface area contributed by atoms with Crippen LogP contribution in [0.4, 0.5) is 13.2 Å². The van der Waals surface area contributed by atoms with Crippen molar-refractivity contribution in [3.8, 4) is 11.8 Å². The molecular formula is C25H19ClF3N3O3S. The summed E-state index contributed by atoms with van der Waals surface area (Å²) in [6, 6.07) is 15.8. The maximum Gasteiger partial charge on any atom is 0.408 e. The molecule has 0 spiro atoms. The lowest BCUT2D eigenvalue weighted by Crippen LogP contribution is -2.38. The van der Waals surface area contributed by atoms with Crippen molar-refractivity contribution < 1.29 is 26.3 Å². The minimum Gasteiger partial charge on any atom is -0.495 e. The summed E-state index contributed by atoms with van der Waals surface area (Å²) in [7, 11) is -3.41. The second-order valence-electron chi connectivity index (χ2n) is 7.93. The van der Waals surface area contributed by atoms with Crippen molar-refractivity contribution in [1.29, 1.82) is 5.26 Å². The molecule has 1 unspecified atom stereocenters. The van der Waals surface area contributed by atoms with Gasteiger partial charge in [0.15, 0.2) is 0 Å². The molecule has 0 radical (unpaired) electrons. The molecule has 1 atom stereocenters. The quantitative estimate of drug-likeness (QED) is 0.325. The van der Waals surface area contributed by atoms with Crippen molar-refractivity contribution >= 4 is 32.5 Å². The summed E-state index contributed by atoms with van der Waals surface area (Å²) in [6.45, 7) is 0.173. The van der Waals surface area contributed by atoms with Gasteiger partial charge in [-0.15, -0.1) is 0 Å². The molecule has 0 aliphatic carbocycles. The first kappa shape index (κ1) is 25.6. The van der Waals surface area contributed by atoms with E-state index in [1.807, 2.05) is 10.8 Å². The van der Waals surface area contributed by atoms with E-state index in [1.54, 1.807) is 28.8 Å². The SMILES string of the molecule is COc1ccccc1S(=O)(=O)NC(c1cn(Cc2ccc(Cl)cc2)c2cc(C#N)ccc12)C(F)(F)F. The van der Waals surface area contributed by atoms with Gasteiger partial charge in [-0.3, -0.25) is 0 Å². The van der Waals surface area contributed by atoms with E-state index in [4.69, 9.17) is 16.3 Å². The third kappa shape index (κ3) is 5.18. The van der Waals surface area contributed by atoms with Crippen LogP contribution in [-0.4, -0.2) is 26.3 Å². The Hall–Kier alpha value is -3.52. The van der Waals surface area contributed by atoms with Crippen molar-refractivity contribution in [2.75, 3.05) is 7.11 Å². The van der Waals surface area contributed by atoms with Gasteiger partial charge in [-0.05, 0) is 42.0 Å².